The summed E-state index contributed by atoms with van der Waals surface area (Å²) in [6.07, 6.45) is 0. The van der Waals surface area contributed by atoms with E-state index in [-0.39, 0.29) is 17.3 Å². The summed E-state index contributed by atoms with van der Waals surface area (Å²) >= 11 is 0. The van der Waals surface area contributed by atoms with E-state index in [1.54, 1.807) is 0 Å². The van der Waals surface area contributed by atoms with E-state index in [0.29, 0.717) is 0 Å². The van der Waals surface area contributed by atoms with Gasteiger partial charge in [0, 0.05) is 0 Å². The van der Waals surface area contributed by atoms with Crippen LogP contribution in [0.1, 0.15) is 5.82 Å². The standard InChI is InChI=1S/C8H8FN5O2S/c9-6-2-1-3-7(4-6)17(15,16)10-5-8-11-13-14-12-8/h1-4,10H,5H2,(H,11,12,13,14). The Labute approximate surface area is 96.1 Å². The minimum Gasteiger partial charge on any atom is -0.207 e. The minimum absolute atomic E-state index is 0.116. The van der Waals surface area contributed by atoms with Gasteiger partial charge >= 0.3 is 0 Å². The van der Waals surface area contributed by atoms with Gasteiger partial charge in [-0.1, -0.05) is 11.3 Å². The fourth-order valence-corrected chi connectivity index (χ4v) is 2.15. The number of aromatic amines is 1. The maximum atomic E-state index is 12.9. The van der Waals surface area contributed by atoms with Crippen LogP contribution in [0.4, 0.5) is 4.39 Å². The van der Waals surface area contributed by atoms with Gasteiger partial charge in [-0.2, -0.15) is 5.21 Å². The van der Waals surface area contributed by atoms with Crippen LogP contribution in [0, 0.1) is 5.82 Å². The Balaban J connectivity index is 2.14. The van der Waals surface area contributed by atoms with Crippen LogP contribution in [0.25, 0.3) is 0 Å². The van der Waals surface area contributed by atoms with E-state index >= 15 is 0 Å². The number of aromatic nitrogens is 4. The molecule has 90 valence electrons. The molecule has 0 unspecified atom stereocenters. The molecule has 9 heteroatoms. The van der Waals surface area contributed by atoms with Crippen LogP contribution in [0.5, 0.6) is 0 Å². The zero-order valence-corrected chi connectivity index (χ0v) is 9.28. The van der Waals surface area contributed by atoms with Crippen molar-refractivity contribution in [3.05, 3.63) is 35.9 Å². The molecule has 0 saturated heterocycles. The summed E-state index contributed by atoms with van der Waals surface area (Å²) in [7, 11) is -3.77. The van der Waals surface area contributed by atoms with Gasteiger partial charge in [0.2, 0.25) is 10.0 Å². The summed E-state index contributed by atoms with van der Waals surface area (Å²) in [5.41, 5.74) is 0. The first kappa shape index (κ1) is 11.6. The molecule has 0 aliphatic carbocycles. The fraction of sp³-hybridized carbons (Fsp3) is 0.125. The van der Waals surface area contributed by atoms with Crippen LogP contribution < -0.4 is 4.72 Å². The molecule has 0 amide bonds. The number of halogens is 1. The molecule has 2 N–H and O–H groups in total. The second-order valence-electron chi connectivity index (χ2n) is 3.11. The first-order chi connectivity index (χ1) is 8.08. The van der Waals surface area contributed by atoms with Crippen LogP contribution in [0.2, 0.25) is 0 Å². The van der Waals surface area contributed by atoms with Gasteiger partial charge in [-0.25, -0.2) is 17.5 Å². The highest BCUT2D eigenvalue weighted by Crippen LogP contribution is 2.10. The maximum absolute atomic E-state index is 12.9. The third-order valence-corrected chi connectivity index (χ3v) is 3.31. The molecule has 0 atom stereocenters. The molecule has 17 heavy (non-hydrogen) atoms. The molecule has 1 heterocycles. The predicted octanol–water partition coefficient (Wildman–Crippen LogP) is -0.183. The van der Waals surface area contributed by atoms with Crippen LogP contribution in [-0.2, 0) is 16.6 Å². The first-order valence-electron chi connectivity index (χ1n) is 4.55. The van der Waals surface area contributed by atoms with Crippen molar-refractivity contribution in [2.75, 3.05) is 0 Å². The van der Waals surface area contributed by atoms with Gasteiger partial charge in [-0.05, 0) is 18.2 Å². The van der Waals surface area contributed by atoms with E-state index in [1.807, 2.05) is 0 Å². The molecule has 0 bridgehead atoms. The topological polar surface area (TPSA) is 101 Å². The number of sulfonamides is 1. The lowest BCUT2D eigenvalue weighted by Gasteiger charge is -2.04. The van der Waals surface area contributed by atoms with Gasteiger partial charge in [-0.15, -0.1) is 10.2 Å². The second kappa shape index (κ2) is 4.55. The number of hydrogen-bond acceptors (Lipinski definition) is 5. The molecule has 2 rings (SSSR count). The lowest BCUT2D eigenvalue weighted by molar-refractivity contribution is 0.575. The Hall–Kier alpha value is -1.87. The lowest BCUT2D eigenvalue weighted by Crippen LogP contribution is -2.24. The summed E-state index contributed by atoms with van der Waals surface area (Å²) in [4.78, 5) is -0.152. The van der Waals surface area contributed by atoms with Crippen LogP contribution in [0.15, 0.2) is 29.2 Å². The molecule has 0 aliphatic rings. The van der Waals surface area contributed by atoms with Crippen molar-refractivity contribution in [2.24, 2.45) is 0 Å². The quantitative estimate of drug-likeness (QED) is 0.791. The van der Waals surface area contributed by atoms with E-state index in [1.165, 1.54) is 12.1 Å². The van der Waals surface area contributed by atoms with Crippen molar-refractivity contribution >= 4 is 10.0 Å². The molecular formula is C8H8FN5O2S. The van der Waals surface area contributed by atoms with Gasteiger partial charge in [0.25, 0.3) is 0 Å². The summed E-state index contributed by atoms with van der Waals surface area (Å²) in [5, 5.41) is 12.6. The average molecular weight is 257 g/mol. The molecule has 0 fully saturated rings. The van der Waals surface area contributed by atoms with Gasteiger partial charge < -0.3 is 0 Å². The SMILES string of the molecule is O=S(=O)(NCc1nn[nH]n1)c1cccc(F)c1. The van der Waals surface area contributed by atoms with Crippen molar-refractivity contribution in [1.82, 2.24) is 25.3 Å². The van der Waals surface area contributed by atoms with Crippen molar-refractivity contribution < 1.29 is 12.8 Å². The molecule has 0 spiro atoms. The molecule has 1 aromatic heterocycles. The Morgan fingerprint density at radius 2 is 2.24 bits per heavy atom. The monoisotopic (exact) mass is 257 g/mol. The number of nitrogens with zero attached hydrogens (tertiary/aromatic N) is 3. The van der Waals surface area contributed by atoms with Gasteiger partial charge in [0.05, 0.1) is 11.4 Å². The van der Waals surface area contributed by atoms with Gasteiger partial charge in [-0.3, -0.25) is 0 Å². The minimum atomic E-state index is -3.77. The normalized spacial score (nSPS) is 11.6. The Morgan fingerprint density at radius 3 is 2.88 bits per heavy atom. The van der Waals surface area contributed by atoms with E-state index in [9.17, 15) is 12.8 Å². The fourth-order valence-electron chi connectivity index (χ4n) is 1.13. The lowest BCUT2D eigenvalue weighted by atomic mass is 10.4. The number of rotatable bonds is 4. The third kappa shape index (κ3) is 2.82. The van der Waals surface area contributed by atoms with Crippen molar-refractivity contribution in [3.63, 3.8) is 0 Å². The summed E-state index contributed by atoms with van der Waals surface area (Å²) in [6, 6.07) is 4.71. The van der Waals surface area contributed by atoms with E-state index in [2.05, 4.69) is 25.3 Å². The Bertz CT molecular complexity index is 598. The van der Waals surface area contributed by atoms with E-state index in [0.717, 1.165) is 12.1 Å². The van der Waals surface area contributed by atoms with Gasteiger partial charge in [0.15, 0.2) is 5.82 Å². The van der Waals surface area contributed by atoms with E-state index in [4.69, 9.17) is 0 Å². The second-order valence-corrected chi connectivity index (χ2v) is 4.88. The maximum Gasteiger partial charge on any atom is 0.241 e. The van der Waals surface area contributed by atoms with Crippen molar-refractivity contribution in [2.45, 2.75) is 11.4 Å². The van der Waals surface area contributed by atoms with Gasteiger partial charge in [0.1, 0.15) is 5.82 Å². The van der Waals surface area contributed by atoms with Crippen LogP contribution >= 0.6 is 0 Å². The summed E-state index contributed by atoms with van der Waals surface area (Å²) in [6.45, 7) is -0.116. The molecule has 7 nitrogen and oxygen atoms in total. The number of benzene rings is 1. The molecule has 1 aromatic carbocycles. The number of tetrazole rings is 1. The summed E-state index contributed by atoms with van der Waals surface area (Å²) < 4.78 is 38.5. The Morgan fingerprint density at radius 1 is 1.41 bits per heavy atom. The molecule has 0 saturated carbocycles. The molecule has 2 aromatic rings. The zero-order valence-electron chi connectivity index (χ0n) is 8.46. The largest absolute Gasteiger partial charge is 0.241 e. The predicted molar refractivity (Wildman–Crippen MR) is 54.6 cm³/mol. The molecule has 0 radical (unpaired) electrons. The van der Waals surface area contributed by atoms with E-state index < -0.39 is 15.8 Å². The van der Waals surface area contributed by atoms with Crippen molar-refractivity contribution in [3.8, 4) is 0 Å². The first-order valence-corrected chi connectivity index (χ1v) is 6.04. The highest BCUT2D eigenvalue weighted by Gasteiger charge is 2.15. The van der Waals surface area contributed by atoms with Crippen LogP contribution in [-0.4, -0.2) is 29.0 Å². The highest BCUT2D eigenvalue weighted by atomic mass is 32.2. The summed E-state index contributed by atoms with van der Waals surface area (Å²) in [5.74, 6) is -0.419. The molecule has 0 aliphatic heterocycles. The number of hydrogen-bond donors (Lipinski definition) is 2. The highest BCUT2D eigenvalue weighted by molar-refractivity contribution is 7.89. The smallest absolute Gasteiger partial charge is 0.207 e. The van der Waals surface area contributed by atoms with Crippen LogP contribution in [0.3, 0.4) is 0 Å². The Kier molecular flexibility index (Phi) is 3.11. The number of H-pyrrole nitrogens is 1. The third-order valence-electron chi connectivity index (χ3n) is 1.92. The number of nitrogens with one attached hydrogen (secondary N) is 2. The van der Waals surface area contributed by atoms with Crippen molar-refractivity contribution in [1.29, 1.82) is 0 Å². The zero-order chi connectivity index (χ0) is 12.3. The molecular weight excluding hydrogens is 249 g/mol. The average Bonchev–Trinajstić information content (AvgIpc) is 2.79.